The number of carbonyl (C=O) groups excluding carboxylic acids is 1. The molecule has 2 aromatic carbocycles. The molecule has 1 aliphatic rings. The van der Waals surface area contributed by atoms with Crippen LogP contribution in [-0.2, 0) is 0 Å². The van der Waals surface area contributed by atoms with Crippen molar-refractivity contribution in [3.63, 3.8) is 0 Å². The lowest BCUT2D eigenvalue weighted by atomic mass is 9.91. The van der Waals surface area contributed by atoms with Gasteiger partial charge < -0.3 is 9.84 Å². The lowest BCUT2D eigenvalue weighted by Gasteiger charge is -2.32. The Bertz CT molecular complexity index is 656. The zero-order chi connectivity index (χ0) is 12.9. The highest BCUT2D eigenvalue weighted by Crippen LogP contribution is 2.42. The SMILES string of the molecule is CC1(C)CC(=O)c2c(cc3ccccc3c2O)O1. The lowest BCUT2D eigenvalue weighted by molar-refractivity contribution is 0.0616. The number of aromatic hydroxyl groups is 1. The van der Waals surface area contributed by atoms with E-state index in [4.69, 9.17) is 4.74 Å². The van der Waals surface area contributed by atoms with Crippen molar-refractivity contribution in [3.8, 4) is 11.5 Å². The summed E-state index contributed by atoms with van der Waals surface area (Å²) in [6, 6.07) is 9.25. The van der Waals surface area contributed by atoms with Gasteiger partial charge in [0.15, 0.2) is 5.78 Å². The Morgan fingerprint density at radius 1 is 1.28 bits per heavy atom. The molecule has 0 unspecified atom stereocenters. The summed E-state index contributed by atoms with van der Waals surface area (Å²) >= 11 is 0. The van der Waals surface area contributed by atoms with E-state index in [0.717, 1.165) is 5.39 Å². The van der Waals surface area contributed by atoms with Crippen molar-refractivity contribution in [2.75, 3.05) is 0 Å². The van der Waals surface area contributed by atoms with Gasteiger partial charge in [0, 0.05) is 5.39 Å². The Balaban J connectivity index is 2.33. The summed E-state index contributed by atoms with van der Waals surface area (Å²) in [4.78, 5) is 12.1. The highest BCUT2D eigenvalue weighted by atomic mass is 16.5. The molecule has 1 heterocycles. The maximum Gasteiger partial charge on any atom is 0.174 e. The predicted molar refractivity (Wildman–Crippen MR) is 69.3 cm³/mol. The smallest absolute Gasteiger partial charge is 0.174 e. The first-order valence-corrected chi connectivity index (χ1v) is 5.95. The first kappa shape index (κ1) is 11.1. The maximum atomic E-state index is 12.1. The fourth-order valence-electron chi connectivity index (χ4n) is 2.46. The molecule has 0 fully saturated rings. The summed E-state index contributed by atoms with van der Waals surface area (Å²) in [5.41, 5.74) is -0.202. The molecule has 0 radical (unpaired) electrons. The van der Waals surface area contributed by atoms with Crippen LogP contribution in [0, 0.1) is 0 Å². The van der Waals surface area contributed by atoms with Crippen molar-refractivity contribution in [1.82, 2.24) is 0 Å². The number of hydrogen-bond acceptors (Lipinski definition) is 3. The molecule has 3 nitrogen and oxygen atoms in total. The van der Waals surface area contributed by atoms with Crippen molar-refractivity contribution in [1.29, 1.82) is 0 Å². The van der Waals surface area contributed by atoms with Gasteiger partial charge in [-0.3, -0.25) is 4.79 Å². The minimum absolute atomic E-state index is 0.0311. The summed E-state index contributed by atoms with van der Waals surface area (Å²) in [6.45, 7) is 3.75. The summed E-state index contributed by atoms with van der Waals surface area (Å²) in [6.07, 6.45) is 0.284. The molecule has 0 atom stereocenters. The van der Waals surface area contributed by atoms with E-state index in [1.807, 2.05) is 38.1 Å². The van der Waals surface area contributed by atoms with Gasteiger partial charge in [-0.05, 0) is 25.3 Å². The molecule has 0 amide bonds. The minimum atomic E-state index is -0.515. The van der Waals surface area contributed by atoms with Crippen molar-refractivity contribution in [2.45, 2.75) is 25.9 Å². The summed E-state index contributed by atoms with van der Waals surface area (Å²) in [5.74, 6) is 0.445. The summed E-state index contributed by atoms with van der Waals surface area (Å²) in [7, 11) is 0. The normalized spacial score (nSPS) is 17.3. The molecule has 0 spiro atoms. The number of benzene rings is 2. The van der Waals surface area contributed by atoms with Gasteiger partial charge in [0.2, 0.25) is 0 Å². The van der Waals surface area contributed by atoms with Gasteiger partial charge in [0.1, 0.15) is 22.7 Å². The third kappa shape index (κ3) is 1.55. The second-order valence-corrected chi connectivity index (χ2v) is 5.28. The van der Waals surface area contributed by atoms with E-state index < -0.39 is 5.60 Å². The number of ketones is 1. The minimum Gasteiger partial charge on any atom is -0.506 e. The highest BCUT2D eigenvalue weighted by Gasteiger charge is 2.35. The Labute approximate surface area is 105 Å². The van der Waals surface area contributed by atoms with Crippen LogP contribution in [0.5, 0.6) is 11.5 Å². The Morgan fingerprint density at radius 2 is 2.00 bits per heavy atom. The molecule has 2 aromatic rings. The number of Topliss-reactive ketones (excluding diaryl/α,β-unsaturated/α-hetero) is 1. The van der Waals surface area contributed by atoms with E-state index in [9.17, 15) is 9.90 Å². The second-order valence-electron chi connectivity index (χ2n) is 5.28. The number of ether oxygens (including phenoxy) is 1. The number of rotatable bonds is 0. The van der Waals surface area contributed by atoms with Crippen molar-refractivity contribution in [2.24, 2.45) is 0 Å². The number of carbonyl (C=O) groups is 1. The van der Waals surface area contributed by atoms with E-state index in [1.54, 1.807) is 6.07 Å². The zero-order valence-corrected chi connectivity index (χ0v) is 10.4. The zero-order valence-electron chi connectivity index (χ0n) is 10.4. The van der Waals surface area contributed by atoms with Crippen molar-refractivity contribution < 1.29 is 14.6 Å². The number of hydrogen-bond donors (Lipinski definition) is 1. The molecule has 0 bridgehead atoms. The molecule has 1 N–H and O–H groups in total. The fraction of sp³-hybridized carbons (Fsp3) is 0.267. The van der Waals surface area contributed by atoms with Crippen LogP contribution in [0.3, 0.4) is 0 Å². The number of fused-ring (bicyclic) bond motifs is 2. The van der Waals surface area contributed by atoms with Gasteiger partial charge in [0.25, 0.3) is 0 Å². The van der Waals surface area contributed by atoms with Crippen molar-refractivity contribution >= 4 is 16.6 Å². The topological polar surface area (TPSA) is 46.5 Å². The fourth-order valence-corrected chi connectivity index (χ4v) is 2.46. The molecule has 1 aliphatic heterocycles. The van der Waals surface area contributed by atoms with Gasteiger partial charge in [0.05, 0.1) is 6.42 Å². The molecule has 0 saturated heterocycles. The van der Waals surface area contributed by atoms with Crippen LogP contribution in [0.4, 0.5) is 0 Å². The van der Waals surface area contributed by atoms with Crippen LogP contribution in [0.25, 0.3) is 10.8 Å². The van der Waals surface area contributed by atoms with Crippen LogP contribution >= 0.6 is 0 Å². The molecular formula is C15H14O3. The van der Waals surface area contributed by atoms with Crippen LogP contribution in [-0.4, -0.2) is 16.5 Å². The monoisotopic (exact) mass is 242 g/mol. The second kappa shape index (κ2) is 3.48. The van der Waals surface area contributed by atoms with E-state index in [1.165, 1.54) is 0 Å². The molecule has 0 aliphatic carbocycles. The molecule has 92 valence electrons. The third-order valence-electron chi connectivity index (χ3n) is 3.24. The van der Waals surface area contributed by atoms with Gasteiger partial charge >= 0.3 is 0 Å². The van der Waals surface area contributed by atoms with Crippen LogP contribution in [0.1, 0.15) is 30.6 Å². The average molecular weight is 242 g/mol. The largest absolute Gasteiger partial charge is 0.506 e. The van der Waals surface area contributed by atoms with E-state index in [0.29, 0.717) is 16.7 Å². The maximum absolute atomic E-state index is 12.1. The Hall–Kier alpha value is -2.03. The first-order valence-electron chi connectivity index (χ1n) is 5.95. The van der Waals surface area contributed by atoms with Crippen LogP contribution in [0.15, 0.2) is 30.3 Å². The molecule has 0 aromatic heterocycles. The Kier molecular flexibility index (Phi) is 2.14. The van der Waals surface area contributed by atoms with E-state index >= 15 is 0 Å². The summed E-state index contributed by atoms with van der Waals surface area (Å²) < 4.78 is 5.80. The lowest BCUT2D eigenvalue weighted by Crippen LogP contribution is -2.35. The molecule has 3 heteroatoms. The Morgan fingerprint density at radius 3 is 2.78 bits per heavy atom. The molecule has 18 heavy (non-hydrogen) atoms. The van der Waals surface area contributed by atoms with Crippen LogP contribution in [0.2, 0.25) is 0 Å². The van der Waals surface area contributed by atoms with Gasteiger partial charge in [-0.15, -0.1) is 0 Å². The molecular weight excluding hydrogens is 228 g/mol. The predicted octanol–water partition coefficient (Wildman–Crippen LogP) is 3.29. The van der Waals surface area contributed by atoms with E-state index in [-0.39, 0.29) is 18.0 Å². The highest BCUT2D eigenvalue weighted by molar-refractivity contribution is 6.08. The van der Waals surface area contributed by atoms with E-state index in [2.05, 4.69) is 0 Å². The molecule has 0 saturated carbocycles. The van der Waals surface area contributed by atoms with Gasteiger partial charge in [-0.25, -0.2) is 0 Å². The number of phenolic OH excluding ortho intramolecular Hbond substituents is 1. The first-order chi connectivity index (χ1) is 8.48. The van der Waals surface area contributed by atoms with Crippen LogP contribution < -0.4 is 4.74 Å². The average Bonchev–Trinajstić information content (AvgIpc) is 2.26. The van der Waals surface area contributed by atoms with Crippen molar-refractivity contribution in [3.05, 3.63) is 35.9 Å². The van der Waals surface area contributed by atoms with Gasteiger partial charge in [-0.2, -0.15) is 0 Å². The summed E-state index contributed by atoms with van der Waals surface area (Å²) in [5, 5.41) is 11.8. The standard InChI is InChI=1S/C15H14O3/c1-15(2)8-11(16)13-12(18-15)7-9-5-3-4-6-10(9)14(13)17/h3-7,17H,8H2,1-2H3. The molecule has 3 rings (SSSR count). The third-order valence-corrected chi connectivity index (χ3v) is 3.24. The quantitative estimate of drug-likeness (QED) is 0.771. The number of phenols is 1. The van der Waals surface area contributed by atoms with Gasteiger partial charge in [-0.1, -0.05) is 24.3 Å².